The molecule has 0 radical (unpaired) electrons. The number of aryl methyl sites for hydroxylation is 1. The molecule has 274 valence electrons. The van der Waals surface area contributed by atoms with Crippen molar-refractivity contribution in [2.24, 2.45) is 5.92 Å². The van der Waals surface area contributed by atoms with Crippen LogP contribution in [0.15, 0.2) is 34.5 Å². The number of carbonyl (C=O) groups excluding carboxylic acids is 4. The molecule has 1 aliphatic carbocycles. The molecule has 12 heteroatoms. The van der Waals surface area contributed by atoms with E-state index in [-0.39, 0.29) is 38.4 Å². The van der Waals surface area contributed by atoms with Gasteiger partial charge in [0.2, 0.25) is 0 Å². The number of allylic oxidation sites excluding steroid dienone is 2. The van der Waals surface area contributed by atoms with Gasteiger partial charge in [-0.25, -0.2) is 14.4 Å². The van der Waals surface area contributed by atoms with Gasteiger partial charge >= 0.3 is 23.9 Å². The van der Waals surface area contributed by atoms with Gasteiger partial charge in [-0.05, 0) is 140 Å². The molecule has 3 aromatic carbocycles. The Morgan fingerprint density at radius 1 is 0.769 bits per heavy atom. The van der Waals surface area contributed by atoms with E-state index in [1.807, 2.05) is 6.92 Å². The van der Waals surface area contributed by atoms with Crippen molar-refractivity contribution in [3.05, 3.63) is 101 Å². The second kappa shape index (κ2) is 15.2. The first-order chi connectivity index (χ1) is 24.2. The number of carbonyl (C=O) groups is 5. The number of rotatable bonds is 9. The summed E-state index contributed by atoms with van der Waals surface area (Å²) in [5, 5.41) is 21.0. The van der Waals surface area contributed by atoms with Crippen molar-refractivity contribution in [2.75, 3.05) is 14.1 Å². The van der Waals surface area contributed by atoms with Crippen molar-refractivity contribution < 1.29 is 48.4 Å². The molecule has 1 aliphatic rings. The summed E-state index contributed by atoms with van der Waals surface area (Å²) >= 11 is 3.30. The van der Waals surface area contributed by atoms with Crippen LogP contribution in [0.1, 0.15) is 88.1 Å². The van der Waals surface area contributed by atoms with E-state index in [0.29, 0.717) is 67.9 Å². The standard InChI is InChI=1S/C40H42BrNO10/c1-12-26-24(9)30(39(48)51-35-21(6)18(3)31(37(45)46)19(4)22(35)7)17(2)15-29(26)50-40(49)32-20(5)23(8)36(33(41)34(32)44)52-38(47)27-14-13-25(43)16-28(27)42(10)11/h13-16,27,44H,12H2,1-11H3,(H,45,46). The second-order valence-corrected chi connectivity index (χ2v) is 13.8. The molecule has 2 N–H and O–H groups in total. The van der Waals surface area contributed by atoms with Gasteiger partial charge in [0.15, 0.2) is 11.5 Å². The molecule has 0 spiro atoms. The lowest BCUT2D eigenvalue weighted by atomic mass is 9.92. The number of halogens is 1. The average Bonchev–Trinajstić information content (AvgIpc) is 3.06. The molecule has 0 aliphatic heterocycles. The first kappa shape index (κ1) is 39.6. The van der Waals surface area contributed by atoms with E-state index in [2.05, 4.69) is 15.9 Å². The Labute approximate surface area is 311 Å². The minimum absolute atomic E-state index is 0.0113. The van der Waals surface area contributed by atoms with Gasteiger partial charge < -0.3 is 29.3 Å². The Bertz CT molecular complexity index is 2080. The fourth-order valence-electron chi connectivity index (χ4n) is 6.51. The highest BCUT2D eigenvalue weighted by Gasteiger charge is 2.32. The fraction of sp³-hybridized carbons (Fsp3) is 0.325. The van der Waals surface area contributed by atoms with Crippen LogP contribution in [0, 0.1) is 61.3 Å². The Hall–Kier alpha value is -5.23. The summed E-state index contributed by atoms with van der Waals surface area (Å²) in [6.07, 6.45) is 4.47. The Balaban J connectivity index is 1.67. The SMILES string of the molecule is CCc1c(OC(=O)c2c(C)c(C)c(OC(=O)C3C=CC(=O)C=C3N(C)C)c(Br)c2O)cc(C)c(C(=O)Oc2c(C)c(C)c(C(=O)O)c(C)c2C)c1C. The monoisotopic (exact) mass is 775 g/mol. The average molecular weight is 777 g/mol. The molecule has 3 aromatic rings. The number of aromatic carboxylic acids is 1. The first-order valence-corrected chi connectivity index (χ1v) is 17.3. The summed E-state index contributed by atoms with van der Waals surface area (Å²) in [5.41, 5.74) is 5.11. The number of benzene rings is 3. The van der Waals surface area contributed by atoms with E-state index in [4.69, 9.17) is 14.2 Å². The van der Waals surface area contributed by atoms with E-state index in [1.165, 1.54) is 18.2 Å². The maximum absolute atomic E-state index is 13.8. The van der Waals surface area contributed by atoms with Crippen LogP contribution in [0.4, 0.5) is 0 Å². The highest BCUT2D eigenvalue weighted by Crippen LogP contribution is 2.43. The Morgan fingerprint density at radius 3 is 1.85 bits per heavy atom. The first-order valence-electron chi connectivity index (χ1n) is 16.5. The maximum atomic E-state index is 13.8. The number of hydrogen-bond donors (Lipinski definition) is 2. The molecular formula is C40H42BrNO10. The summed E-state index contributed by atoms with van der Waals surface area (Å²) in [4.78, 5) is 66.2. The molecule has 0 aromatic heterocycles. The van der Waals surface area contributed by atoms with Crippen molar-refractivity contribution >= 4 is 45.6 Å². The lowest BCUT2D eigenvalue weighted by Gasteiger charge is -2.25. The number of carboxylic acid groups (broad SMARTS) is 1. The zero-order chi connectivity index (χ0) is 39.1. The molecule has 1 unspecified atom stereocenters. The molecule has 52 heavy (non-hydrogen) atoms. The van der Waals surface area contributed by atoms with Gasteiger partial charge in [0.05, 0.1) is 11.1 Å². The lowest BCUT2D eigenvalue weighted by Crippen LogP contribution is -2.30. The van der Waals surface area contributed by atoms with E-state index >= 15 is 0 Å². The number of phenolic OH excluding ortho intramolecular Hbond substituents is 1. The molecule has 4 rings (SSSR count). The predicted molar refractivity (Wildman–Crippen MR) is 198 cm³/mol. The van der Waals surface area contributed by atoms with Crippen LogP contribution in [-0.2, 0) is 16.0 Å². The second-order valence-electron chi connectivity index (χ2n) is 13.1. The number of carboxylic acids is 1. The summed E-state index contributed by atoms with van der Waals surface area (Å²) in [5.74, 6) is -4.39. The van der Waals surface area contributed by atoms with Gasteiger partial charge in [-0.3, -0.25) is 9.59 Å². The third kappa shape index (κ3) is 7.12. The van der Waals surface area contributed by atoms with E-state index in [1.54, 1.807) is 80.5 Å². The van der Waals surface area contributed by atoms with Crippen molar-refractivity contribution in [2.45, 2.75) is 68.7 Å². The van der Waals surface area contributed by atoms with E-state index < -0.39 is 35.5 Å². The summed E-state index contributed by atoms with van der Waals surface area (Å²) in [6.45, 7) is 15.2. The Kier molecular flexibility index (Phi) is 11.5. The van der Waals surface area contributed by atoms with E-state index in [9.17, 15) is 34.2 Å². The van der Waals surface area contributed by atoms with Crippen LogP contribution in [-0.4, -0.2) is 58.9 Å². The van der Waals surface area contributed by atoms with Crippen LogP contribution >= 0.6 is 15.9 Å². The number of ether oxygens (including phenoxy) is 3. The highest BCUT2D eigenvalue weighted by molar-refractivity contribution is 9.10. The van der Waals surface area contributed by atoms with Gasteiger partial charge in [0, 0.05) is 25.9 Å². The zero-order valence-electron chi connectivity index (χ0n) is 31.1. The molecular weight excluding hydrogens is 734 g/mol. The number of phenols is 1. The zero-order valence-corrected chi connectivity index (χ0v) is 32.7. The van der Waals surface area contributed by atoms with Gasteiger partial charge in [-0.1, -0.05) is 13.0 Å². The van der Waals surface area contributed by atoms with Crippen molar-refractivity contribution in [1.29, 1.82) is 0 Å². The molecule has 0 saturated heterocycles. The number of hydrogen-bond acceptors (Lipinski definition) is 10. The molecule has 0 heterocycles. The summed E-state index contributed by atoms with van der Waals surface area (Å²) < 4.78 is 17.5. The van der Waals surface area contributed by atoms with Crippen LogP contribution in [0.2, 0.25) is 0 Å². The number of aromatic hydroxyl groups is 1. The third-order valence-electron chi connectivity index (χ3n) is 9.75. The molecule has 0 bridgehead atoms. The topological polar surface area (TPSA) is 157 Å². The van der Waals surface area contributed by atoms with Gasteiger partial charge in [-0.2, -0.15) is 0 Å². The van der Waals surface area contributed by atoms with Crippen LogP contribution in [0.5, 0.6) is 23.0 Å². The van der Waals surface area contributed by atoms with Crippen LogP contribution < -0.4 is 14.2 Å². The molecule has 0 saturated carbocycles. The predicted octanol–water partition coefficient (Wildman–Crippen LogP) is 7.43. The van der Waals surface area contributed by atoms with Crippen molar-refractivity contribution in [1.82, 2.24) is 4.90 Å². The van der Waals surface area contributed by atoms with Crippen molar-refractivity contribution in [3.63, 3.8) is 0 Å². The van der Waals surface area contributed by atoms with Crippen LogP contribution in [0.3, 0.4) is 0 Å². The van der Waals surface area contributed by atoms with Gasteiger partial charge in [0.25, 0.3) is 0 Å². The molecule has 1 atom stereocenters. The minimum Gasteiger partial charge on any atom is -0.506 e. The summed E-state index contributed by atoms with van der Waals surface area (Å²) in [7, 11) is 3.41. The normalized spacial score (nSPS) is 13.8. The minimum atomic E-state index is -1.06. The molecule has 0 fully saturated rings. The number of esters is 3. The van der Waals surface area contributed by atoms with Crippen molar-refractivity contribution in [3.8, 4) is 23.0 Å². The molecule has 0 amide bonds. The van der Waals surface area contributed by atoms with Gasteiger partial charge in [-0.15, -0.1) is 0 Å². The largest absolute Gasteiger partial charge is 0.506 e. The smallest absolute Gasteiger partial charge is 0.347 e. The van der Waals surface area contributed by atoms with Crippen LogP contribution in [0.25, 0.3) is 0 Å². The lowest BCUT2D eigenvalue weighted by molar-refractivity contribution is -0.136. The fourth-order valence-corrected chi connectivity index (χ4v) is 7.09. The molecule has 11 nitrogen and oxygen atoms in total. The summed E-state index contributed by atoms with van der Waals surface area (Å²) in [6, 6.07) is 1.56. The maximum Gasteiger partial charge on any atom is 0.347 e. The third-order valence-corrected chi connectivity index (χ3v) is 10.5. The van der Waals surface area contributed by atoms with E-state index in [0.717, 1.165) is 0 Å². The van der Waals surface area contributed by atoms with Gasteiger partial charge in [0.1, 0.15) is 33.2 Å². The highest BCUT2D eigenvalue weighted by atomic mass is 79.9. The number of nitrogens with zero attached hydrogens (tertiary/aromatic N) is 1. The quantitative estimate of drug-likeness (QED) is 0.165. The number of ketones is 1. The Morgan fingerprint density at radius 2 is 1.31 bits per heavy atom.